The summed E-state index contributed by atoms with van der Waals surface area (Å²) < 4.78 is 12.7. The molecule has 2 nitrogen and oxygen atoms in total. The van der Waals surface area contributed by atoms with Crippen LogP contribution in [0.2, 0.25) is 0 Å². The highest BCUT2D eigenvalue weighted by molar-refractivity contribution is 7.85. The van der Waals surface area contributed by atoms with E-state index in [4.69, 9.17) is 5.73 Å². The Morgan fingerprint density at radius 3 is 2.37 bits per heavy atom. The fourth-order valence-corrected chi connectivity index (χ4v) is 4.32. The van der Waals surface area contributed by atoms with Crippen molar-refractivity contribution in [2.75, 3.05) is 0 Å². The molecule has 0 spiro atoms. The van der Waals surface area contributed by atoms with E-state index in [2.05, 4.69) is 26.0 Å². The van der Waals surface area contributed by atoms with Crippen molar-refractivity contribution in [3.8, 4) is 0 Å². The first-order valence-corrected chi connectivity index (χ1v) is 8.57. The van der Waals surface area contributed by atoms with E-state index >= 15 is 0 Å². The molecule has 1 aromatic rings. The first kappa shape index (κ1) is 14.7. The van der Waals surface area contributed by atoms with Crippen molar-refractivity contribution < 1.29 is 4.21 Å². The molecule has 3 heteroatoms. The lowest BCUT2D eigenvalue weighted by Crippen LogP contribution is -2.36. The van der Waals surface area contributed by atoms with Crippen molar-refractivity contribution in [1.82, 2.24) is 0 Å². The number of hydrogen-bond acceptors (Lipinski definition) is 2. The zero-order chi connectivity index (χ0) is 13.8. The van der Waals surface area contributed by atoms with Crippen LogP contribution in [0.3, 0.4) is 0 Å². The first-order valence-electron chi connectivity index (χ1n) is 7.35. The van der Waals surface area contributed by atoms with Crippen molar-refractivity contribution in [1.29, 1.82) is 0 Å². The van der Waals surface area contributed by atoms with Crippen LogP contribution in [-0.4, -0.2) is 15.5 Å². The molecular formula is C16H25NOS. The van der Waals surface area contributed by atoms with Crippen molar-refractivity contribution >= 4 is 10.8 Å². The summed E-state index contributed by atoms with van der Waals surface area (Å²) in [5, 5.41) is 0.132. The molecule has 0 bridgehead atoms. The van der Waals surface area contributed by atoms with Crippen LogP contribution < -0.4 is 5.73 Å². The lowest BCUT2D eigenvalue weighted by atomic mass is 10.0. The third kappa shape index (κ3) is 3.67. The molecule has 1 saturated carbocycles. The molecule has 0 amide bonds. The Kier molecular flexibility index (Phi) is 5.17. The summed E-state index contributed by atoms with van der Waals surface area (Å²) in [5.41, 5.74) is 7.50. The smallest absolute Gasteiger partial charge is 0.0576 e. The minimum absolute atomic E-state index is 0.0908. The molecule has 19 heavy (non-hydrogen) atoms. The van der Waals surface area contributed by atoms with Crippen LogP contribution in [0.5, 0.6) is 0 Å². The third-order valence-corrected chi connectivity index (χ3v) is 5.93. The lowest BCUT2D eigenvalue weighted by molar-refractivity contribution is 0.575. The molecule has 3 atom stereocenters. The van der Waals surface area contributed by atoms with E-state index in [1.807, 2.05) is 12.1 Å². The van der Waals surface area contributed by atoms with Gasteiger partial charge in [0.1, 0.15) is 0 Å². The van der Waals surface area contributed by atoms with Gasteiger partial charge in [0.25, 0.3) is 0 Å². The highest BCUT2D eigenvalue weighted by Crippen LogP contribution is 2.25. The minimum atomic E-state index is -0.958. The van der Waals surface area contributed by atoms with E-state index in [9.17, 15) is 4.21 Å². The molecule has 0 aromatic heterocycles. The summed E-state index contributed by atoms with van der Waals surface area (Å²) >= 11 is 0. The van der Waals surface area contributed by atoms with Crippen LogP contribution in [0.1, 0.15) is 57.4 Å². The van der Waals surface area contributed by atoms with Gasteiger partial charge in [-0.25, -0.2) is 0 Å². The maximum Gasteiger partial charge on any atom is 0.0576 e. The second-order valence-corrected chi connectivity index (χ2v) is 7.53. The van der Waals surface area contributed by atoms with Gasteiger partial charge in [-0.1, -0.05) is 45.2 Å². The molecule has 0 heterocycles. The molecule has 0 radical (unpaired) electrons. The minimum Gasteiger partial charge on any atom is -0.327 e. The molecule has 1 aliphatic rings. The van der Waals surface area contributed by atoms with Gasteiger partial charge in [0.05, 0.1) is 16.0 Å². The van der Waals surface area contributed by atoms with E-state index in [0.29, 0.717) is 5.92 Å². The summed E-state index contributed by atoms with van der Waals surface area (Å²) in [5.74, 6) is 0.516. The topological polar surface area (TPSA) is 43.1 Å². The normalized spacial score (nSPS) is 26.1. The summed E-state index contributed by atoms with van der Waals surface area (Å²) in [6, 6.07) is 8.32. The van der Waals surface area contributed by atoms with Crippen molar-refractivity contribution in [2.24, 2.45) is 5.73 Å². The average molecular weight is 279 g/mol. The fraction of sp³-hybridized carbons (Fsp3) is 0.625. The van der Waals surface area contributed by atoms with Crippen LogP contribution in [-0.2, 0) is 10.8 Å². The van der Waals surface area contributed by atoms with Crippen molar-refractivity contribution in [2.45, 2.75) is 68.1 Å². The zero-order valence-electron chi connectivity index (χ0n) is 12.0. The van der Waals surface area contributed by atoms with Crippen LogP contribution in [0.4, 0.5) is 0 Å². The Balaban J connectivity index is 2.13. The average Bonchev–Trinajstić information content (AvgIpc) is 2.63. The highest BCUT2D eigenvalue weighted by Gasteiger charge is 2.26. The van der Waals surface area contributed by atoms with Gasteiger partial charge in [-0.3, -0.25) is 4.21 Å². The molecule has 0 aliphatic heterocycles. The Morgan fingerprint density at radius 2 is 1.74 bits per heavy atom. The molecule has 106 valence electrons. The Bertz CT molecular complexity index is 427. The molecule has 1 aromatic carbocycles. The van der Waals surface area contributed by atoms with E-state index in [1.54, 1.807) is 0 Å². The molecule has 2 N–H and O–H groups in total. The predicted molar refractivity (Wildman–Crippen MR) is 81.8 cm³/mol. The molecule has 1 fully saturated rings. The van der Waals surface area contributed by atoms with Crippen molar-refractivity contribution in [3.05, 3.63) is 29.8 Å². The number of rotatable bonds is 3. The zero-order valence-corrected chi connectivity index (χ0v) is 12.8. The van der Waals surface area contributed by atoms with Gasteiger partial charge in [-0.05, 0) is 36.5 Å². The van der Waals surface area contributed by atoms with Crippen LogP contribution >= 0.6 is 0 Å². The molecular weight excluding hydrogens is 254 g/mol. The fourth-order valence-electron chi connectivity index (χ4n) is 2.73. The SMILES string of the molecule is CC(C)c1ccc(S(=O)C2CCCCCC2N)cc1. The van der Waals surface area contributed by atoms with Gasteiger partial charge in [0, 0.05) is 10.9 Å². The van der Waals surface area contributed by atoms with Gasteiger partial charge < -0.3 is 5.73 Å². The highest BCUT2D eigenvalue weighted by atomic mass is 32.2. The second kappa shape index (κ2) is 6.67. The first-order chi connectivity index (χ1) is 9.09. The third-order valence-electron chi connectivity index (χ3n) is 4.06. The summed E-state index contributed by atoms with van der Waals surface area (Å²) in [6.07, 6.45) is 5.59. The number of benzene rings is 1. The van der Waals surface area contributed by atoms with Crippen LogP contribution in [0.15, 0.2) is 29.2 Å². The monoisotopic (exact) mass is 279 g/mol. The molecule has 2 rings (SSSR count). The van der Waals surface area contributed by atoms with Gasteiger partial charge in [-0.2, -0.15) is 0 Å². The summed E-state index contributed by atoms with van der Waals surface area (Å²) in [7, 11) is -0.958. The standard InChI is InChI=1S/C16H25NOS/c1-12(2)13-8-10-14(11-9-13)19(18)16-7-5-3-4-6-15(16)17/h8-12,15-16H,3-7,17H2,1-2H3. The predicted octanol–water partition coefficient (Wildman–Crippen LogP) is 3.58. The Hall–Kier alpha value is -0.670. The van der Waals surface area contributed by atoms with Gasteiger partial charge in [0.15, 0.2) is 0 Å². The van der Waals surface area contributed by atoms with Crippen LogP contribution in [0.25, 0.3) is 0 Å². The van der Waals surface area contributed by atoms with Gasteiger partial charge in [0.2, 0.25) is 0 Å². The van der Waals surface area contributed by atoms with E-state index in [-0.39, 0.29) is 11.3 Å². The Labute approximate surface area is 119 Å². The maximum absolute atomic E-state index is 12.7. The van der Waals surface area contributed by atoms with E-state index in [1.165, 1.54) is 18.4 Å². The van der Waals surface area contributed by atoms with Crippen molar-refractivity contribution in [3.63, 3.8) is 0 Å². The lowest BCUT2D eigenvalue weighted by Gasteiger charge is -2.21. The molecule has 0 saturated heterocycles. The van der Waals surface area contributed by atoms with Crippen LogP contribution in [0, 0.1) is 0 Å². The Morgan fingerprint density at radius 1 is 1.11 bits per heavy atom. The molecule has 3 unspecified atom stereocenters. The van der Waals surface area contributed by atoms with Gasteiger partial charge in [-0.15, -0.1) is 0 Å². The largest absolute Gasteiger partial charge is 0.327 e. The number of hydrogen-bond donors (Lipinski definition) is 1. The summed E-state index contributed by atoms with van der Waals surface area (Å²) in [4.78, 5) is 0.937. The second-order valence-electron chi connectivity index (χ2n) is 5.86. The van der Waals surface area contributed by atoms with Gasteiger partial charge >= 0.3 is 0 Å². The summed E-state index contributed by atoms with van der Waals surface area (Å²) in [6.45, 7) is 4.35. The molecule has 1 aliphatic carbocycles. The van der Waals surface area contributed by atoms with E-state index in [0.717, 1.165) is 24.2 Å². The number of nitrogens with two attached hydrogens (primary N) is 1. The quantitative estimate of drug-likeness (QED) is 0.859. The maximum atomic E-state index is 12.7. The van der Waals surface area contributed by atoms with E-state index < -0.39 is 10.8 Å².